The van der Waals surface area contributed by atoms with Crippen LogP contribution in [0.1, 0.15) is 31.2 Å². The van der Waals surface area contributed by atoms with Gasteiger partial charge in [-0.15, -0.1) is 0 Å². The molecule has 1 aliphatic heterocycles. The van der Waals surface area contributed by atoms with Crippen LogP contribution in [0.5, 0.6) is 0 Å². The zero-order valence-corrected chi connectivity index (χ0v) is 12.3. The Labute approximate surface area is 122 Å². The largest absolute Gasteiger partial charge is 0.311 e. The van der Waals surface area contributed by atoms with Gasteiger partial charge in [-0.05, 0) is 50.8 Å². The zero-order chi connectivity index (χ0) is 13.6. The van der Waals surface area contributed by atoms with Gasteiger partial charge >= 0.3 is 0 Å². The van der Waals surface area contributed by atoms with Gasteiger partial charge in [0, 0.05) is 18.6 Å². The van der Waals surface area contributed by atoms with Crippen molar-refractivity contribution in [2.45, 2.75) is 44.2 Å². The molecule has 108 valence electrons. The first-order valence-corrected chi connectivity index (χ1v) is 8.07. The smallest absolute Gasteiger partial charge is 0.0139 e. The number of likely N-dealkylation sites (tertiary alicyclic amines) is 1. The summed E-state index contributed by atoms with van der Waals surface area (Å²) in [6.07, 6.45) is 10.9. The van der Waals surface area contributed by atoms with Crippen molar-refractivity contribution in [1.29, 1.82) is 0 Å². The van der Waals surface area contributed by atoms with E-state index in [9.17, 15) is 0 Å². The number of hydrogen-bond donors (Lipinski definition) is 1. The van der Waals surface area contributed by atoms with Gasteiger partial charge in [0.15, 0.2) is 0 Å². The highest BCUT2D eigenvalue weighted by molar-refractivity contribution is 5.14. The lowest BCUT2D eigenvalue weighted by molar-refractivity contribution is 0.193. The molecular formula is C18H26N2. The third kappa shape index (κ3) is 3.94. The Bertz CT molecular complexity index is 410. The summed E-state index contributed by atoms with van der Waals surface area (Å²) in [6.45, 7) is 3.72. The van der Waals surface area contributed by atoms with Crippen LogP contribution in [0.2, 0.25) is 0 Å². The molecule has 3 rings (SSSR count). The summed E-state index contributed by atoms with van der Waals surface area (Å²) in [6, 6.07) is 12.3. The summed E-state index contributed by atoms with van der Waals surface area (Å²) in [7, 11) is 0. The monoisotopic (exact) mass is 270 g/mol. The summed E-state index contributed by atoms with van der Waals surface area (Å²) < 4.78 is 0. The molecule has 1 heterocycles. The number of nitrogens with zero attached hydrogens (tertiary/aromatic N) is 1. The number of rotatable bonds is 5. The number of hydrogen-bond acceptors (Lipinski definition) is 2. The number of benzene rings is 1. The van der Waals surface area contributed by atoms with Crippen LogP contribution in [0.3, 0.4) is 0 Å². The Kier molecular flexibility index (Phi) is 4.88. The highest BCUT2D eigenvalue weighted by Crippen LogP contribution is 2.16. The first kappa shape index (κ1) is 13.8. The second-order valence-corrected chi connectivity index (χ2v) is 6.16. The van der Waals surface area contributed by atoms with E-state index < -0.39 is 0 Å². The summed E-state index contributed by atoms with van der Waals surface area (Å²) in [4.78, 5) is 2.62. The van der Waals surface area contributed by atoms with Crippen LogP contribution in [0.25, 0.3) is 0 Å². The lowest BCUT2D eigenvalue weighted by Gasteiger charge is -2.34. The van der Waals surface area contributed by atoms with Gasteiger partial charge in [-0.2, -0.15) is 0 Å². The molecule has 2 heteroatoms. The van der Waals surface area contributed by atoms with Crippen molar-refractivity contribution in [2.24, 2.45) is 0 Å². The van der Waals surface area contributed by atoms with E-state index in [-0.39, 0.29) is 0 Å². The van der Waals surface area contributed by atoms with Gasteiger partial charge in [0.1, 0.15) is 0 Å². The predicted octanol–water partition coefficient (Wildman–Crippen LogP) is 3.00. The van der Waals surface area contributed by atoms with Crippen molar-refractivity contribution in [3.63, 3.8) is 0 Å². The molecule has 1 aromatic rings. The van der Waals surface area contributed by atoms with Gasteiger partial charge in [-0.1, -0.05) is 42.5 Å². The highest BCUT2D eigenvalue weighted by Gasteiger charge is 2.21. The second-order valence-electron chi connectivity index (χ2n) is 6.16. The van der Waals surface area contributed by atoms with E-state index in [0.29, 0.717) is 0 Å². The normalized spacial score (nSPS) is 21.6. The second kappa shape index (κ2) is 7.05. The fourth-order valence-electron chi connectivity index (χ4n) is 3.34. The van der Waals surface area contributed by atoms with Crippen molar-refractivity contribution in [3.8, 4) is 0 Å². The molecule has 0 unspecified atom stereocenters. The minimum absolute atomic E-state index is 0.718. The van der Waals surface area contributed by atoms with Crippen LogP contribution in [0.4, 0.5) is 0 Å². The van der Waals surface area contributed by atoms with Crippen molar-refractivity contribution < 1.29 is 0 Å². The number of nitrogens with one attached hydrogen (secondary N) is 1. The van der Waals surface area contributed by atoms with E-state index in [1.54, 1.807) is 0 Å². The molecule has 0 amide bonds. The number of piperidine rings is 1. The molecule has 2 nitrogen and oxygen atoms in total. The molecule has 0 spiro atoms. The molecule has 0 saturated carbocycles. The summed E-state index contributed by atoms with van der Waals surface area (Å²) in [5.74, 6) is 0. The van der Waals surface area contributed by atoms with Crippen LogP contribution in [-0.4, -0.2) is 36.6 Å². The fraction of sp³-hybridized carbons (Fsp3) is 0.556. The zero-order valence-electron chi connectivity index (χ0n) is 12.3. The Hall–Kier alpha value is -1.12. The van der Waals surface area contributed by atoms with Gasteiger partial charge in [0.2, 0.25) is 0 Å². The van der Waals surface area contributed by atoms with E-state index in [2.05, 4.69) is 52.7 Å². The Morgan fingerprint density at radius 2 is 1.65 bits per heavy atom. The van der Waals surface area contributed by atoms with Crippen LogP contribution in [0, 0.1) is 0 Å². The van der Waals surface area contributed by atoms with Gasteiger partial charge in [-0.25, -0.2) is 0 Å². The first-order chi connectivity index (χ1) is 9.90. The molecular weight excluding hydrogens is 244 g/mol. The maximum Gasteiger partial charge on any atom is 0.0139 e. The minimum Gasteiger partial charge on any atom is -0.311 e. The highest BCUT2D eigenvalue weighted by atomic mass is 15.1. The molecule has 1 aliphatic carbocycles. The lowest BCUT2D eigenvalue weighted by atomic mass is 10.0. The minimum atomic E-state index is 0.718. The van der Waals surface area contributed by atoms with Crippen LogP contribution in [0.15, 0.2) is 42.5 Å². The van der Waals surface area contributed by atoms with E-state index in [4.69, 9.17) is 0 Å². The van der Waals surface area contributed by atoms with Crippen LogP contribution < -0.4 is 5.32 Å². The third-order valence-electron chi connectivity index (χ3n) is 4.63. The molecule has 2 aliphatic rings. The molecule has 1 saturated heterocycles. The van der Waals surface area contributed by atoms with E-state index >= 15 is 0 Å². The molecule has 0 atom stereocenters. The van der Waals surface area contributed by atoms with Gasteiger partial charge in [0.25, 0.3) is 0 Å². The predicted molar refractivity (Wildman–Crippen MR) is 84.9 cm³/mol. The van der Waals surface area contributed by atoms with Gasteiger partial charge in [0.05, 0.1) is 0 Å². The lowest BCUT2D eigenvalue weighted by Crippen LogP contribution is -2.46. The van der Waals surface area contributed by atoms with Crippen molar-refractivity contribution in [1.82, 2.24) is 10.2 Å². The quantitative estimate of drug-likeness (QED) is 0.828. The Morgan fingerprint density at radius 1 is 0.950 bits per heavy atom. The molecule has 0 bridgehead atoms. The fourth-order valence-corrected chi connectivity index (χ4v) is 3.34. The maximum absolute atomic E-state index is 3.82. The molecule has 0 radical (unpaired) electrons. The molecule has 1 fully saturated rings. The maximum atomic E-state index is 3.82. The Balaban J connectivity index is 1.36. The molecule has 0 aromatic heterocycles. The Morgan fingerprint density at radius 3 is 2.35 bits per heavy atom. The third-order valence-corrected chi connectivity index (χ3v) is 4.63. The average Bonchev–Trinajstić information content (AvgIpc) is 3.01. The van der Waals surface area contributed by atoms with E-state index in [1.807, 2.05) is 0 Å². The van der Waals surface area contributed by atoms with Crippen molar-refractivity contribution >= 4 is 0 Å². The summed E-state index contributed by atoms with van der Waals surface area (Å²) >= 11 is 0. The summed E-state index contributed by atoms with van der Waals surface area (Å²) in [5.41, 5.74) is 1.46. The van der Waals surface area contributed by atoms with Gasteiger partial charge < -0.3 is 10.2 Å². The average molecular weight is 270 g/mol. The van der Waals surface area contributed by atoms with Crippen molar-refractivity contribution in [2.75, 3.05) is 19.6 Å². The standard InChI is InChI=1S/C18H26N2/c1-2-6-16(7-3-1)10-13-20-14-11-18(12-15-20)19-17-8-4-5-9-17/h1-7,17-19H,8-15H2. The summed E-state index contributed by atoms with van der Waals surface area (Å²) in [5, 5.41) is 3.82. The first-order valence-electron chi connectivity index (χ1n) is 8.07. The topological polar surface area (TPSA) is 15.3 Å². The molecule has 1 aromatic carbocycles. The van der Waals surface area contributed by atoms with Crippen molar-refractivity contribution in [3.05, 3.63) is 48.0 Å². The van der Waals surface area contributed by atoms with Gasteiger partial charge in [-0.3, -0.25) is 0 Å². The SMILES string of the molecule is C1=CCC(NC2CCN(CCc3ccccc3)CC2)C1. The van der Waals surface area contributed by atoms with E-state index in [0.717, 1.165) is 12.1 Å². The molecule has 20 heavy (non-hydrogen) atoms. The van der Waals surface area contributed by atoms with Crippen LogP contribution >= 0.6 is 0 Å². The van der Waals surface area contributed by atoms with E-state index in [1.165, 1.54) is 57.3 Å². The van der Waals surface area contributed by atoms with Crippen LogP contribution in [-0.2, 0) is 6.42 Å². The molecule has 1 N–H and O–H groups in total.